The van der Waals surface area contributed by atoms with E-state index in [0.29, 0.717) is 47.2 Å². The molecule has 174 valence electrons. The Balaban J connectivity index is 1.67. The van der Waals surface area contributed by atoms with Crippen molar-refractivity contribution in [2.75, 3.05) is 18.6 Å². The van der Waals surface area contributed by atoms with Crippen LogP contribution in [0.5, 0.6) is 11.5 Å². The van der Waals surface area contributed by atoms with Crippen LogP contribution in [0.15, 0.2) is 51.4 Å². The van der Waals surface area contributed by atoms with Crippen molar-refractivity contribution in [1.82, 2.24) is 4.98 Å². The maximum Gasteiger partial charge on any atom is 0.311 e. The summed E-state index contributed by atoms with van der Waals surface area (Å²) in [5.74, 6) is 0.875. The predicted molar refractivity (Wildman–Crippen MR) is 135 cm³/mol. The average molecular weight is 553 g/mol. The van der Waals surface area contributed by atoms with Crippen LogP contribution in [-0.2, 0) is 22.6 Å². The molecule has 0 unspecified atom stereocenters. The van der Waals surface area contributed by atoms with Crippen molar-refractivity contribution in [3.63, 3.8) is 0 Å². The van der Waals surface area contributed by atoms with E-state index in [1.54, 1.807) is 18.5 Å². The van der Waals surface area contributed by atoms with Crippen molar-refractivity contribution in [3.8, 4) is 11.5 Å². The van der Waals surface area contributed by atoms with Gasteiger partial charge < -0.3 is 14.2 Å². The third kappa shape index (κ3) is 7.45. The third-order valence-corrected chi connectivity index (χ3v) is 5.97. The zero-order valence-electron chi connectivity index (χ0n) is 18.1. The molecule has 0 spiro atoms. The van der Waals surface area contributed by atoms with Crippen LogP contribution in [0.3, 0.4) is 0 Å². The van der Waals surface area contributed by atoms with Crippen LogP contribution in [-0.4, -0.2) is 30.4 Å². The number of nitrogens with one attached hydrogen (secondary N) is 1. The summed E-state index contributed by atoms with van der Waals surface area (Å²) in [7, 11) is 0. The van der Waals surface area contributed by atoms with Gasteiger partial charge in [0.1, 0.15) is 6.61 Å². The molecule has 3 aromatic rings. The zero-order valence-corrected chi connectivity index (χ0v) is 21.3. The van der Waals surface area contributed by atoms with Gasteiger partial charge in [0.2, 0.25) is 5.13 Å². The third-order valence-electron chi connectivity index (χ3n) is 4.22. The van der Waals surface area contributed by atoms with Crippen LogP contribution in [0.1, 0.15) is 30.7 Å². The molecule has 0 saturated carbocycles. The number of hydrogen-bond donors (Lipinski definition) is 1. The zero-order chi connectivity index (χ0) is 23.6. The summed E-state index contributed by atoms with van der Waals surface area (Å²) in [5.41, 5.74) is 5.20. The first kappa shape index (κ1) is 25.0. The van der Waals surface area contributed by atoms with Gasteiger partial charge in [-0.15, -0.1) is 11.3 Å². The highest BCUT2D eigenvalue weighted by atomic mass is 79.9. The summed E-state index contributed by atoms with van der Waals surface area (Å²) in [5, 5.41) is 7.26. The lowest BCUT2D eigenvalue weighted by Gasteiger charge is -2.15. The van der Waals surface area contributed by atoms with Gasteiger partial charge in [-0.25, -0.2) is 4.98 Å². The average Bonchev–Trinajstić information content (AvgIpc) is 3.21. The largest absolute Gasteiger partial charge is 0.490 e. The van der Waals surface area contributed by atoms with E-state index < -0.39 is 0 Å². The van der Waals surface area contributed by atoms with E-state index in [0.717, 1.165) is 15.6 Å². The molecule has 1 N–H and O–H groups in total. The van der Waals surface area contributed by atoms with Crippen molar-refractivity contribution >= 4 is 56.2 Å². The molecule has 2 aromatic carbocycles. The maximum atomic E-state index is 11.6. The van der Waals surface area contributed by atoms with Crippen molar-refractivity contribution in [1.29, 1.82) is 0 Å². The van der Waals surface area contributed by atoms with Gasteiger partial charge in [0.05, 0.1) is 36.0 Å². The van der Waals surface area contributed by atoms with E-state index in [4.69, 9.17) is 25.8 Å². The number of ether oxygens (including phenoxy) is 3. The normalized spacial score (nSPS) is 10.9. The Labute approximate surface area is 209 Å². The fourth-order valence-corrected chi connectivity index (χ4v) is 4.22. The predicted octanol–water partition coefficient (Wildman–Crippen LogP) is 6.09. The Bertz CT molecular complexity index is 1120. The number of esters is 1. The molecule has 0 aliphatic heterocycles. The molecule has 0 radical (unpaired) electrons. The number of hydrogen-bond acceptors (Lipinski definition) is 8. The van der Waals surface area contributed by atoms with Gasteiger partial charge in [-0.1, -0.05) is 29.8 Å². The van der Waals surface area contributed by atoms with E-state index in [2.05, 4.69) is 31.4 Å². The highest BCUT2D eigenvalue weighted by Gasteiger charge is 2.13. The number of rotatable bonds is 11. The first-order chi connectivity index (χ1) is 16.0. The molecule has 0 aliphatic carbocycles. The molecule has 0 atom stereocenters. The lowest BCUT2D eigenvalue weighted by Crippen LogP contribution is -2.07. The van der Waals surface area contributed by atoms with E-state index in [9.17, 15) is 4.79 Å². The van der Waals surface area contributed by atoms with E-state index in [1.807, 2.05) is 43.3 Å². The summed E-state index contributed by atoms with van der Waals surface area (Å²) in [6.45, 7) is 4.82. The maximum absolute atomic E-state index is 11.6. The molecular weight excluding hydrogens is 530 g/mol. The van der Waals surface area contributed by atoms with Gasteiger partial charge in [-0.2, -0.15) is 5.10 Å². The second-order valence-electron chi connectivity index (χ2n) is 6.64. The second kappa shape index (κ2) is 12.6. The number of thiazole rings is 1. The fourth-order valence-electron chi connectivity index (χ4n) is 2.79. The summed E-state index contributed by atoms with van der Waals surface area (Å²) in [6.07, 6.45) is 1.79. The van der Waals surface area contributed by atoms with Crippen molar-refractivity contribution in [2.24, 2.45) is 5.10 Å². The summed E-state index contributed by atoms with van der Waals surface area (Å²) in [6, 6.07) is 11.3. The van der Waals surface area contributed by atoms with E-state index in [1.165, 1.54) is 11.3 Å². The van der Waals surface area contributed by atoms with Crippen molar-refractivity contribution in [3.05, 3.63) is 68.1 Å². The number of nitrogens with zero attached hydrogens (tertiary/aromatic N) is 2. The van der Waals surface area contributed by atoms with Gasteiger partial charge in [0.25, 0.3) is 0 Å². The van der Waals surface area contributed by atoms with Gasteiger partial charge in [-0.3, -0.25) is 10.2 Å². The number of benzene rings is 2. The van der Waals surface area contributed by atoms with Crippen molar-refractivity contribution in [2.45, 2.75) is 26.9 Å². The van der Waals surface area contributed by atoms with E-state index in [-0.39, 0.29) is 12.4 Å². The molecule has 3 rings (SSSR count). The van der Waals surface area contributed by atoms with Crippen LogP contribution >= 0.6 is 38.9 Å². The molecule has 0 fully saturated rings. The number of carbonyl (C=O) groups is 1. The van der Waals surface area contributed by atoms with Crippen LogP contribution in [0, 0.1) is 0 Å². The smallest absolute Gasteiger partial charge is 0.311 e. The standard InChI is InChI=1S/C23H23BrClN3O4S/c1-3-30-20-10-15(9-18(24)22(20)32-13-16-7-5-6-8-19(16)25)12-26-28-23-27-17(14-33-23)11-21(29)31-4-2/h5-10,12,14H,3-4,11,13H2,1-2H3,(H,27,28). The molecule has 0 aliphatic rings. The lowest BCUT2D eigenvalue weighted by atomic mass is 10.2. The molecule has 0 bridgehead atoms. The molecule has 0 saturated heterocycles. The van der Waals surface area contributed by atoms with Gasteiger partial charge in [-0.05, 0) is 53.5 Å². The first-order valence-corrected chi connectivity index (χ1v) is 12.3. The fraction of sp³-hybridized carbons (Fsp3) is 0.261. The van der Waals surface area contributed by atoms with Crippen molar-refractivity contribution < 1.29 is 19.0 Å². The van der Waals surface area contributed by atoms with Crippen LogP contribution in [0.2, 0.25) is 5.02 Å². The molecule has 33 heavy (non-hydrogen) atoms. The molecule has 1 heterocycles. The molecule has 0 amide bonds. The summed E-state index contributed by atoms with van der Waals surface area (Å²) >= 11 is 11.2. The number of hydrazone groups is 1. The first-order valence-electron chi connectivity index (χ1n) is 10.2. The van der Waals surface area contributed by atoms with Gasteiger partial charge >= 0.3 is 5.97 Å². The topological polar surface area (TPSA) is 82.0 Å². The minimum atomic E-state index is -0.303. The highest BCUT2D eigenvalue weighted by molar-refractivity contribution is 9.10. The molecule has 1 aromatic heterocycles. The Hall–Kier alpha value is -2.62. The Morgan fingerprint density at radius 3 is 2.82 bits per heavy atom. The van der Waals surface area contributed by atoms with Gasteiger partial charge in [0.15, 0.2) is 11.5 Å². The molecular formula is C23H23BrClN3O4S. The number of aromatic nitrogens is 1. The number of carbonyl (C=O) groups excluding carboxylic acids is 1. The van der Waals surface area contributed by atoms with Crippen LogP contribution < -0.4 is 14.9 Å². The SMILES string of the molecule is CCOC(=O)Cc1csc(NN=Cc2cc(Br)c(OCc3ccccc3Cl)c(OCC)c2)n1. The Morgan fingerprint density at radius 1 is 1.24 bits per heavy atom. The Kier molecular flexibility index (Phi) is 9.53. The number of anilines is 1. The van der Waals surface area contributed by atoms with Crippen LogP contribution in [0.25, 0.3) is 0 Å². The summed E-state index contributed by atoms with van der Waals surface area (Å²) in [4.78, 5) is 15.9. The van der Waals surface area contributed by atoms with Gasteiger partial charge in [0, 0.05) is 16.0 Å². The molecule has 7 nitrogen and oxygen atoms in total. The second-order valence-corrected chi connectivity index (χ2v) is 8.76. The minimum Gasteiger partial charge on any atom is -0.490 e. The quantitative estimate of drug-likeness (QED) is 0.176. The highest BCUT2D eigenvalue weighted by Crippen LogP contribution is 2.37. The summed E-state index contributed by atoms with van der Waals surface area (Å²) < 4.78 is 17.4. The minimum absolute atomic E-state index is 0.135. The number of halogens is 2. The van der Waals surface area contributed by atoms with Crippen LogP contribution in [0.4, 0.5) is 5.13 Å². The lowest BCUT2D eigenvalue weighted by molar-refractivity contribution is -0.142. The monoisotopic (exact) mass is 551 g/mol. The Morgan fingerprint density at radius 2 is 2.06 bits per heavy atom. The van der Waals surface area contributed by atoms with E-state index >= 15 is 0 Å². The molecule has 10 heteroatoms.